The summed E-state index contributed by atoms with van der Waals surface area (Å²) >= 11 is 0. The van der Waals surface area contributed by atoms with Crippen LogP contribution in [0.3, 0.4) is 0 Å². The van der Waals surface area contributed by atoms with Crippen LogP contribution in [0.25, 0.3) is 22.9 Å². The first-order valence-corrected chi connectivity index (χ1v) is 10.4. The van der Waals surface area contributed by atoms with Crippen molar-refractivity contribution in [2.24, 2.45) is 0 Å². The molecular weight excluding hydrogens is 404 g/mol. The summed E-state index contributed by atoms with van der Waals surface area (Å²) in [6.45, 7) is 0. The van der Waals surface area contributed by atoms with Gasteiger partial charge in [0.25, 0.3) is 0 Å². The van der Waals surface area contributed by atoms with E-state index in [0.29, 0.717) is 23.9 Å². The summed E-state index contributed by atoms with van der Waals surface area (Å²) in [7, 11) is 0. The molecule has 0 fully saturated rings. The van der Waals surface area contributed by atoms with Gasteiger partial charge in [0.05, 0.1) is 24.4 Å². The molecule has 3 heterocycles. The van der Waals surface area contributed by atoms with Crippen molar-refractivity contribution in [2.75, 3.05) is 0 Å². The van der Waals surface area contributed by atoms with Crippen molar-refractivity contribution in [1.29, 1.82) is 0 Å². The summed E-state index contributed by atoms with van der Waals surface area (Å²) in [5.74, 6) is 1.16. The summed E-state index contributed by atoms with van der Waals surface area (Å²) < 4.78 is 10.7. The summed E-state index contributed by atoms with van der Waals surface area (Å²) in [6.07, 6.45) is 11.8. The Morgan fingerprint density at radius 2 is 1.44 bits per heavy atom. The number of H-pyrrole nitrogens is 1. The molecule has 2 N–H and O–H groups in total. The molecular formula is C25H22N4O3. The number of rotatable bonds is 8. The average Bonchev–Trinajstić information content (AvgIpc) is 3.63. The summed E-state index contributed by atoms with van der Waals surface area (Å²) in [4.78, 5) is 15.7. The molecule has 0 spiro atoms. The van der Waals surface area contributed by atoms with Crippen LogP contribution in [0.5, 0.6) is 0 Å². The van der Waals surface area contributed by atoms with Gasteiger partial charge in [0.15, 0.2) is 0 Å². The minimum atomic E-state index is -1.20. The Bertz CT molecular complexity index is 1230. The van der Waals surface area contributed by atoms with E-state index in [1.807, 2.05) is 36.4 Å². The van der Waals surface area contributed by atoms with E-state index in [1.54, 1.807) is 37.4 Å². The number of aliphatic hydroxyl groups is 1. The van der Waals surface area contributed by atoms with Gasteiger partial charge in [-0.05, 0) is 54.7 Å². The van der Waals surface area contributed by atoms with Gasteiger partial charge in [-0.2, -0.15) is 0 Å². The molecule has 0 aliphatic heterocycles. The van der Waals surface area contributed by atoms with E-state index < -0.39 is 5.60 Å². The minimum absolute atomic E-state index is 0.525. The fraction of sp³-hybridized carbons (Fsp3) is 0.160. The highest BCUT2D eigenvalue weighted by atomic mass is 16.3. The molecule has 160 valence electrons. The van der Waals surface area contributed by atoms with E-state index in [1.165, 1.54) is 5.56 Å². The number of hydrogen-bond donors (Lipinski definition) is 2. The Hall–Kier alpha value is -3.97. The van der Waals surface area contributed by atoms with E-state index in [2.05, 4.69) is 32.1 Å². The Kier molecular flexibility index (Phi) is 5.39. The smallest absolute Gasteiger partial charge is 0.225 e. The van der Waals surface area contributed by atoms with Crippen molar-refractivity contribution < 1.29 is 13.9 Å². The van der Waals surface area contributed by atoms with Gasteiger partial charge in [0, 0.05) is 17.3 Å². The zero-order chi connectivity index (χ0) is 21.8. The predicted octanol–water partition coefficient (Wildman–Crippen LogP) is 4.98. The number of aryl methyl sites for hydroxylation is 1. The van der Waals surface area contributed by atoms with Crippen LogP contribution in [0, 0.1) is 0 Å². The van der Waals surface area contributed by atoms with Crippen LogP contribution >= 0.6 is 0 Å². The van der Waals surface area contributed by atoms with Gasteiger partial charge < -0.3 is 18.9 Å². The van der Waals surface area contributed by atoms with Crippen LogP contribution in [0.1, 0.15) is 29.7 Å². The SMILES string of the molecule is OC(CCCc1ccc(-c2ncco2)cc1)(c1ccc(-c2ncco2)cc1)c1c[nH]cn1. The van der Waals surface area contributed by atoms with Crippen LogP contribution in [0.15, 0.2) is 94.8 Å². The third-order valence-electron chi connectivity index (χ3n) is 5.60. The number of nitrogens with one attached hydrogen (secondary N) is 1. The maximum atomic E-state index is 11.7. The molecule has 0 radical (unpaired) electrons. The van der Waals surface area contributed by atoms with Gasteiger partial charge in [-0.25, -0.2) is 15.0 Å². The van der Waals surface area contributed by atoms with E-state index in [4.69, 9.17) is 8.83 Å². The topological polar surface area (TPSA) is 101 Å². The molecule has 0 saturated carbocycles. The molecule has 1 unspecified atom stereocenters. The van der Waals surface area contributed by atoms with Gasteiger partial charge in [-0.1, -0.05) is 24.3 Å². The standard InChI is InChI=1S/C25H22N4O3/c30-25(22-16-26-17-29-22,21-9-7-20(8-10-21)24-28-13-15-32-24)11-1-2-18-3-5-19(6-4-18)23-27-12-14-31-23/h3-10,12-17,30H,1-2,11H2,(H,26,29). The summed E-state index contributed by atoms with van der Waals surface area (Å²) in [5, 5.41) is 11.7. The van der Waals surface area contributed by atoms with Crippen LogP contribution < -0.4 is 0 Å². The molecule has 32 heavy (non-hydrogen) atoms. The number of oxazole rings is 2. The van der Waals surface area contributed by atoms with Crippen molar-refractivity contribution in [3.05, 3.63) is 103 Å². The Balaban J connectivity index is 1.31. The predicted molar refractivity (Wildman–Crippen MR) is 118 cm³/mol. The van der Waals surface area contributed by atoms with E-state index in [-0.39, 0.29) is 0 Å². The molecule has 3 aromatic heterocycles. The van der Waals surface area contributed by atoms with Crippen molar-refractivity contribution >= 4 is 0 Å². The Morgan fingerprint density at radius 1 is 0.812 bits per heavy atom. The largest absolute Gasteiger partial charge is 0.445 e. The second kappa shape index (κ2) is 8.64. The number of benzene rings is 2. The van der Waals surface area contributed by atoms with Gasteiger partial charge >= 0.3 is 0 Å². The average molecular weight is 426 g/mol. The molecule has 0 saturated heterocycles. The normalized spacial score (nSPS) is 13.2. The first-order valence-electron chi connectivity index (χ1n) is 10.4. The number of aromatic nitrogens is 4. The van der Waals surface area contributed by atoms with Crippen LogP contribution in [0.4, 0.5) is 0 Å². The van der Waals surface area contributed by atoms with Crippen molar-refractivity contribution in [1.82, 2.24) is 19.9 Å². The Morgan fingerprint density at radius 3 is 1.97 bits per heavy atom. The fourth-order valence-corrected chi connectivity index (χ4v) is 3.89. The van der Waals surface area contributed by atoms with Crippen LogP contribution in [0.2, 0.25) is 0 Å². The molecule has 1 atom stereocenters. The first-order chi connectivity index (χ1) is 15.7. The van der Waals surface area contributed by atoms with Crippen LogP contribution in [-0.2, 0) is 12.0 Å². The number of imidazole rings is 1. The second-order valence-electron chi connectivity index (χ2n) is 7.62. The molecule has 0 aliphatic rings. The zero-order valence-corrected chi connectivity index (χ0v) is 17.3. The lowest BCUT2D eigenvalue weighted by Gasteiger charge is -2.27. The third kappa shape index (κ3) is 3.98. The van der Waals surface area contributed by atoms with Gasteiger partial charge in [0.1, 0.15) is 18.1 Å². The third-order valence-corrected chi connectivity index (χ3v) is 5.60. The van der Waals surface area contributed by atoms with E-state index in [0.717, 1.165) is 29.5 Å². The van der Waals surface area contributed by atoms with Crippen molar-refractivity contribution in [2.45, 2.75) is 24.9 Å². The molecule has 0 bridgehead atoms. The lowest BCUT2D eigenvalue weighted by molar-refractivity contribution is 0.0647. The molecule has 2 aromatic carbocycles. The number of hydrogen-bond acceptors (Lipinski definition) is 6. The summed E-state index contributed by atoms with van der Waals surface area (Å²) in [5.41, 5.74) is 3.16. The van der Waals surface area contributed by atoms with Crippen LogP contribution in [-0.4, -0.2) is 25.0 Å². The Labute approximate surface area is 184 Å². The highest BCUT2D eigenvalue weighted by Crippen LogP contribution is 2.34. The molecule has 0 amide bonds. The van der Waals surface area contributed by atoms with Gasteiger partial charge in [0.2, 0.25) is 11.8 Å². The van der Waals surface area contributed by atoms with Gasteiger partial charge in [-0.3, -0.25) is 0 Å². The van der Waals surface area contributed by atoms with Crippen molar-refractivity contribution in [3.8, 4) is 22.9 Å². The van der Waals surface area contributed by atoms with E-state index in [9.17, 15) is 5.11 Å². The van der Waals surface area contributed by atoms with E-state index >= 15 is 0 Å². The number of nitrogens with zero attached hydrogens (tertiary/aromatic N) is 3. The highest BCUT2D eigenvalue weighted by molar-refractivity contribution is 5.54. The lowest BCUT2D eigenvalue weighted by atomic mass is 9.85. The lowest BCUT2D eigenvalue weighted by Crippen LogP contribution is -2.28. The maximum Gasteiger partial charge on any atom is 0.225 e. The minimum Gasteiger partial charge on any atom is -0.445 e. The maximum absolute atomic E-state index is 11.7. The molecule has 5 rings (SSSR count). The quantitative estimate of drug-likeness (QED) is 0.363. The molecule has 7 heteroatoms. The summed E-state index contributed by atoms with van der Waals surface area (Å²) in [6, 6.07) is 15.8. The molecule has 7 nitrogen and oxygen atoms in total. The highest BCUT2D eigenvalue weighted by Gasteiger charge is 2.33. The number of aromatic amines is 1. The second-order valence-corrected chi connectivity index (χ2v) is 7.62. The first kappa shape index (κ1) is 20.0. The van der Waals surface area contributed by atoms with Gasteiger partial charge in [-0.15, -0.1) is 0 Å². The fourth-order valence-electron chi connectivity index (χ4n) is 3.89. The molecule has 0 aliphatic carbocycles. The zero-order valence-electron chi connectivity index (χ0n) is 17.3. The van der Waals surface area contributed by atoms with Crippen molar-refractivity contribution in [3.63, 3.8) is 0 Å². The monoisotopic (exact) mass is 426 g/mol. The molecule has 5 aromatic rings.